The number of allylic oxidation sites excluding steroid dienone is 1. The number of carbonyl (C=O) groups is 1. The van der Waals surface area contributed by atoms with Crippen LogP contribution in [0.15, 0.2) is 42.5 Å². The zero-order valence-corrected chi connectivity index (χ0v) is 9.50. The van der Waals surface area contributed by atoms with Crippen molar-refractivity contribution in [3.63, 3.8) is 0 Å². The molecule has 17 heavy (non-hydrogen) atoms. The topological polar surface area (TPSA) is 38.3 Å². The average molecular weight is 229 g/mol. The number of fused-ring (bicyclic) bond motifs is 1. The molecule has 1 aromatic carbocycles. The molecule has 0 aromatic heterocycles. The number of hydrogen-bond donors (Lipinski definition) is 1. The van der Waals surface area contributed by atoms with Gasteiger partial charge in [-0.1, -0.05) is 42.5 Å². The Labute approximate surface area is 100 Å². The van der Waals surface area contributed by atoms with Crippen LogP contribution >= 0.6 is 0 Å². The Hall–Kier alpha value is -1.77. The van der Waals surface area contributed by atoms with E-state index in [1.807, 2.05) is 30.3 Å². The van der Waals surface area contributed by atoms with Gasteiger partial charge in [-0.3, -0.25) is 0 Å². The molecule has 3 nitrogen and oxygen atoms in total. The largest absolute Gasteiger partial charge is 0.445 e. The standard InChI is InChI=1S/C14H15NO2/c16-14(15-13-11-7-4-8-12(11)13)17-9-10-5-2-1-3-6-10/h1-7,11-13H,8-9H2,(H,15,16)/t11-,12+,13+/m1/s1. The van der Waals surface area contributed by atoms with E-state index < -0.39 is 0 Å². The van der Waals surface area contributed by atoms with Crippen molar-refractivity contribution in [3.05, 3.63) is 48.0 Å². The highest BCUT2D eigenvalue weighted by molar-refractivity contribution is 5.68. The zero-order valence-electron chi connectivity index (χ0n) is 9.50. The van der Waals surface area contributed by atoms with E-state index in [2.05, 4.69) is 17.5 Å². The van der Waals surface area contributed by atoms with Gasteiger partial charge in [-0.15, -0.1) is 0 Å². The molecule has 0 saturated heterocycles. The maximum atomic E-state index is 11.5. The van der Waals surface area contributed by atoms with Crippen LogP contribution in [0.4, 0.5) is 4.79 Å². The molecule has 0 spiro atoms. The predicted molar refractivity (Wildman–Crippen MR) is 64.3 cm³/mol. The third-order valence-corrected chi connectivity index (χ3v) is 3.49. The predicted octanol–water partition coefficient (Wildman–Crippen LogP) is 2.49. The lowest BCUT2D eigenvalue weighted by molar-refractivity contribution is 0.138. The minimum absolute atomic E-state index is 0.304. The van der Waals surface area contributed by atoms with Gasteiger partial charge in [0, 0.05) is 12.0 Å². The van der Waals surface area contributed by atoms with Crippen LogP contribution in [0.25, 0.3) is 0 Å². The van der Waals surface area contributed by atoms with Crippen molar-refractivity contribution in [2.75, 3.05) is 0 Å². The second-order valence-corrected chi connectivity index (χ2v) is 4.64. The summed E-state index contributed by atoms with van der Waals surface area (Å²) < 4.78 is 5.17. The summed E-state index contributed by atoms with van der Waals surface area (Å²) in [7, 11) is 0. The number of carbonyl (C=O) groups excluding carboxylic acids is 1. The lowest BCUT2D eigenvalue weighted by atomic mass is 10.2. The van der Waals surface area contributed by atoms with Crippen molar-refractivity contribution >= 4 is 6.09 Å². The second-order valence-electron chi connectivity index (χ2n) is 4.64. The summed E-state index contributed by atoms with van der Waals surface area (Å²) in [6, 6.07) is 10.0. The minimum atomic E-state index is -0.304. The molecule has 1 amide bonds. The average Bonchev–Trinajstić information content (AvgIpc) is 2.79. The molecule has 0 aliphatic heterocycles. The monoisotopic (exact) mass is 229 g/mol. The molecule has 1 fully saturated rings. The van der Waals surface area contributed by atoms with E-state index in [1.165, 1.54) is 0 Å². The van der Waals surface area contributed by atoms with Gasteiger partial charge < -0.3 is 10.1 Å². The Morgan fingerprint density at radius 3 is 2.88 bits per heavy atom. The van der Waals surface area contributed by atoms with Gasteiger partial charge in [0.05, 0.1) is 0 Å². The summed E-state index contributed by atoms with van der Waals surface area (Å²) in [4.78, 5) is 11.5. The van der Waals surface area contributed by atoms with Crippen molar-refractivity contribution < 1.29 is 9.53 Å². The van der Waals surface area contributed by atoms with Crippen molar-refractivity contribution in [2.24, 2.45) is 11.8 Å². The van der Waals surface area contributed by atoms with Gasteiger partial charge >= 0.3 is 6.09 Å². The van der Waals surface area contributed by atoms with E-state index in [-0.39, 0.29) is 6.09 Å². The second kappa shape index (κ2) is 4.24. The van der Waals surface area contributed by atoms with E-state index in [0.717, 1.165) is 12.0 Å². The smallest absolute Gasteiger partial charge is 0.407 e. The molecule has 0 heterocycles. The number of alkyl carbamates (subject to hydrolysis) is 1. The molecule has 0 radical (unpaired) electrons. The Balaban J connectivity index is 1.44. The van der Waals surface area contributed by atoms with Crippen LogP contribution in [-0.4, -0.2) is 12.1 Å². The third-order valence-electron chi connectivity index (χ3n) is 3.49. The fourth-order valence-electron chi connectivity index (χ4n) is 2.46. The van der Waals surface area contributed by atoms with Crippen molar-refractivity contribution in [1.82, 2.24) is 5.32 Å². The van der Waals surface area contributed by atoms with E-state index >= 15 is 0 Å². The first-order valence-electron chi connectivity index (χ1n) is 5.98. The Bertz CT molecular complexity index is 441. The molecular formula is C14H15NO2. The van der Waals surface area contributed by atoms with Crippen LogP contribution in [-0.2, 0) is 11.3 Å². The fraction of sp³-hybridized carbons (Fsp3) is 0.357. The molecule has 2 aliphatic rings. The lowest BCUT2D eigenvalue weighted by Gasteiger charge is -2.07. The van der Waals surface area contributed by atoms with Crippen LogP contribution in [0.5, 0.6) is 0 Å². The van der Waals surface area contributed by atoms with Gasteiger partial charge in [-0.25, -0.2) is 4.79 Å². The molecule has 1 aromatic rings. The van der Waals surface area contributed by atoms with Gasteiger partial charge in [-0.05, 0) is 17.9 Å². The number of nitrogens with one attached hydrogen (secondary N) is 1. The Morgan fingerprint density at radius 1 is 1.35 bits per heavy atom. The first kappa shape index (κ1) is 10.4. The first-order valence-corrected chi connectivity index (χ1v) is 5.98. The van der Waals surface area contributed by atoms with E-state index in [1.54, 1.807) is 0 Å². The van der Waals surface area contributed by atoms with Gasteiger partial charge in [0.1, 0.15) is 6.61 Å². The molecule has 88 valence electrons. The van der Waals surface area contributed by atoms with Gasteiger partial charge in [0.2, 0.25) is 0 Å². The molecule has 1 N–H and O–H groups in total. The van der Waals surface area contributed by atoms with Gasteiger partial charge in [0.15, 0.2) is 0 Å². The van der Waals surface area contributed by atoms with E-state index in [4.69, 9.17) is 4.74 Å². The van der Waals surface area contributed by atoms with Crippen molar-refractivity contribution in [3.8, 4) is 0 Å². The normalized spacial score (nSPS) is 28.6. The summed E-state index contributed by atoms with van der Waals surface area (Å²) in [6.07, 6.45) is 5.16. The quantitative estimate of drug-likeness (QED) is 0.809. The number of rotatable bonds is 3. The number of amides is 1. The fourth-order valence-corrected chi connectivity index (χ4v) is 2.46. The number of hydrogen-bond acceptors (Lipinski definition) is 2. The molecule has 0 unspecified atom stereocenters. The Kier molecular flexibility index (Phi) is 2.59. The molecule has 3 heteroatoms. The van der Waals surface area contributed by atoms with Gasteiger partial charge in [0.25, 0.3) is 0 Å². The van der Waals surface area contributed by atoms with Crippen LogP contribution < -0.4 is 5.32 Å². The van der Waals surface area contributed by atoms with Crippen LogP contribution in [0, 0.1) is 11.8 Å². The maximum absolute atomic E-state index is 11.5. The lowest BCUT2D eigenvalue weighted by Crippen LogP contribution is -2.28. The summed E-state index contributed by atoms with van der Waals surface area (Å²) in [6.45, 7) is 0.338. The summed E-state index contributed by atoms with van der Waals surface area (Å²) in [5, 5.41) is 2.91. The molecular weight excluding hydrogens is 214 g/mol. The highest BCUT2D eigenvalue weighted by Crippen LogP contribution is 2.47. The zero-order chi connectivity index (χ0) is 11.7. The van der Waals surface area contributed by atoms with Crippen LogP contribution in [0.2, 0.25) is 0 Å². The van der Waals surface area contributed by atoms with E-state index in [9.17, 15) is 4.79 Å². The van der Waals surface area contributed by atoms with Crippen molar-refractivity contribution in [1.29, 1.82) is 0 Å². The van der Waals surface area contributed by atoms with Gasteiger partial charge in [-0.2, -0.15) is 0 Å². The molecule has 0 bridgehead atoms. The van der Waals surface area contributed by atoms with Crippen LogP contribution in [0.3, 0.4) is 0 Å². The first-order chi connectivity index (χ1) is 8.34. The van der Waals surface area contributed by atoms with Crippen molar-refractivity contribution in [2.45, 2.75) is 19.1 Å². The third kappa shape index (κ3) is 2.18. The Morgan fingerprint density at radius 2 is 2.18 bits per heavy atom. The summed E-state index contributed by atoms with van der Waals surface area (Å²) >= 11 is 0. The molecule has 3 rings (SSSR count). The molecule has 2 aliphatic carbocycles. The highest BCUT2D eigenvalue weighted by Gasteiger charge is 2.51. The maximum Gasteiger partial charge on any atom is 0.407 e. The summed E-state index contributed by atoms with van der Waals surface area (Å²) in [5.74, 6) is 1.18. The molecule has 3 atom stereocenters. The number of benzene rings is 1. The minimum Gasteiger partial charge on any atom is -0.445 e. The van der Waals surface area contributed by atoms with E-state index in [0.29, 0.717) is 24.5 Å². The highest BCUT2D eigenvalue weighted by atomic mass is 16.5. The number of ether oxygens (including phenoxy) is 1. The van der Waals surface area contributed by atoms with Crippen LogP contribution in [0.1, 0.15) is 12.0 Å². The summed E-state index contributed by atoms with van der Waals surface area (Å²) in [5.41, 5.74) is 1.01. The SMILES string of the molecule is O=C(N[C@H]1[C@@H]2C=CC[C@@H]21)OCc1ccccc1. The molecule has 1 saturated carbocycles.